The maximum Gasteiger partial charge on any atom is 0.303 e. The van der Waals surface area contributed by atoms with Gasteiger partial charge >= 0.3 is 5.97 Å². The summed E-state index contributed by atoms with van der Waals surface area (Å²) in [7, 11) is 0. The highest BCUT2D eigenvalue weighted by Crippen LogP contribution is 2.36. The molecule has 26 heavy (non-hydrogen) atoms. The van der Waals surface area contributed by atoms with Crippen molar-refractivity contribution in [1.82, 2.24) is 0 Å². The van der Waals surface area contributed by atoms with Gasteiger partial charge in [-0.3, -0.25) is 4.79 Å². The fraction of sp³-hybridized carbons (Fsp3) is 0.667. The molecule has 1 fully saturated rings. The highest BCUT2D eigenvalue weighted by molar-refractivity contribution is 5.66. The van der Waals surface area contributed by atoms with Gasteiger partial charge in [-0.2, -0.15) is 0 Å². The lowest BCUT2D eigenvalue weighted by Gasteiger charge is -2.20. The van der Waals surface area contributed by atoms with E-state index in [0.717, 1.165) is 0 Å². The van der Waals surface area contributed by atoms with Gasteiger partial charge < -0.3 is 20.4 Å². The standard InChI is InChI=1S/C21H32O5/c1-3-4-9-15(2)18(22)13-12-17-16(19(23)14-20(17)24)10-7-5-6-8-11-21(25)26/h5,7,12-13,15-20,22-24H,6,8-11,14H2,1-2H3,(H,25,26)/t15?,16-,17-,18-,19+,20-/m1/s1. The number of unbranched alkanes of at least 4 members (excludes halogenated alkanes) is 1. The summed E-state index contributed by atoms with van der Waals surface area (Å²) in [6.07, 6.45) is 8.57. The molecular formula is C21H32O5. The van der Waals surface area contributed by atoms with E-state index in [0.29, 0.717) is 32.1 Å². The van der Waals surface area contributed by atoms with Crippen molar-refractivity contribution in [2.75, 3.05) is 0 Å². The fourth-order valence-corrected chi connectivity index (χ4v) is 3.26. The quantitative estimate of drug-likeness (QED) is 0.271. The average molecular weight is 364 g/mol. The smallest absolute Gasteiger partial charge is 0.303 e. The Morgan fingerprint density at radius 1 is 1.27 bits per heavy atom. The van der Waals surface area contributed by atoms with Crippen molar-refractivity contribution in [3.8, 4) is 11.8 Å². The molecule has 1 saturated carbocycles. The first kappa shape index (κ1) is 22.4. The highest BCUT2D eigenvalue weighted by Gasteiger charge is 2.39. The van der Waals surface area contributed by atoms with Crippen molar-refractivity contribution >= 4 is 5.97 Å². The predicted molar refractivity (Wildman–Crippen MR) is 101 cm³/mol. The van der Waals surface area contributed by atoms with E-state index in [9.17, 15) is 20.1 Å². The van der Waals surface area contributed by atoms with E-state index in [1.54, 1.807) is 13.0 Å². The minimum Gasteiger partial charge on any atom is -0.481 e. The monoisotopic (exact) mass is 364 g/mol. The van der Waals surface area contributed by atoms with Crippen molar-refractivity contribution in [2.45, 2.75) is 70.7 Å². The number of carboxylic acid groups (broad SMARTS) is 1. The van der Waals surface area contributed by atoms with Crippen LogP contribution in [0.4, 0.5) is 0 Å². The number of carboxylic acids is 1. The van der Waals surface area contributed by atoms with E-state index < -0.39 is 24.3 Å². The topological polar surface area (TPSA) is 98.0 Å². The number of hydrogen-bond donors (Lipinski definition) is 4. The maximum absolute atomic E-state index is 10.5. The van der Waals surface area contributed by atoms with E-state index in [1.165, 1.54) is 0 Å². The van der Waals surface area contributed by atoms with Gasteiger partial charge in [-0.25, -0.2) is 0 Å². The molecule has 0 heterocycles. The molecular weight excluding hydrogens is 332 g/mol. The van der Waals surface area contributed by atoms with Crippen molar-refractivity contribution < 1.29 is 25.2 Å². The molecule has 0 saturated heterocycles. The van der Waals surface area contributed by atoms with Crippen LogP contribution in [0.5, 0.6) is 0 Å². The number of rotatable bonds is 10. The minimum absolute atomic E-state index is 0.00903. The van der Waals surface area contributed by atoms with Crippen LogP contribution >= 0.6 is 0 Å². The van der Waals surface area contributed by atoms with E-state index in [-0.39, 0.29) is 24.2 Å². The highest BCUT2D eigenvalue weighted by atomic mass is 16.4. The number of aliphatic hydroxyl groups is 3. The average Bonchev–Trinajstić information content (AvgIpc) is 2.86. The molecule has 5 nitrogen and oxygen atoms in total. The normalized spacial score (nSPS) is 28.2. The first-order chi connectivity index (χ1) is 12.4. The zero-order chi connectivity index (χ0) is 19.5. The predicted octanol–water partition coefficient (Wildman–Crippen LogP) is 2.51. The van der Waals surface area contributed by atoms with Crippen molar-refractivity contribution in [1.29, 1.82) is 0 Å². The molecule has 0 radical (unpaired) electrons. The summed E-state index contributed by atoms with van der Waals surface area (Å²) in [4.78, 5) is 10.5. The Morgan fingerprint density at radius 2 is 2.00 bits per heavy atom. The van der Waals surface area contributed by atoms with Gasteiger partial charge in [0.15, 0.2) is 0 Å². The fourth-order valence-electron chi connectivity index (χ4n) is 3.26. The van der Waals surface area contributed by atoms with Crippen LogP contribution in [-0.2, 0) is 4.79 Å². The van der Waals surface area contributed by atoms with Gasteiger partial charge in [0.1, 0.15) is 0 Å². The van der Waals surface area contributed by atoms with E-state index in [4.69, 9.17) is 5.11 Å². The summed E-state index contributed by atoms with van der Waals surface area (Å²) in [5, 5.41) is 39.2. The van der Waals surface area contributed by atoms with Gasteiger partial charge in [-0.1, -0.05) is 31.2 Å². The Labute approximate surface area is 156 Å². The second-order valence-electron chi connectivity index (χ2n) is 7.09. The molecule has 0 amide bonds. The molecule has 1 aliphatic rings. The summed E-state index contributed by atoms with van der Waals surface area (Å²) >= 11 is 0. The van der Waals surface area contributed by atoms with Crippen LogP contribution in [0.25, 0.3) is 0 Å². The molecule has 0 aromatic heterocycles. The largest absolute Gasteiger partial charge is 0.481 e. The Hall–Kier alpha value is -1.61. The van der Waals surface area contributed by atoms with Crippen molar-refractivity contribution in [3.05, 3.63) is 24.3 Å². The molecule has 4 N–H and O–H groups in total. The summed E-state index contributed by atoms with van der Waals surface area (Å²) in [6, 6.07) is 0. The van der Waals surface area contributed by atoms with Crippen LogP contribution in [0.2, 0.25) is 0 Å². The molecule has 0 aromatic carbocycles. The first-order valence-corrected chi connectivity index (χ1v) is 9.35. The number of aliphatic carboxylic acids is 1. The van der Waals surface area contributed by atoms with E-state index in [1.807, 2.05) is 25.2 Å². The molecule has 5 heteroatoms. The lowest BCUT2D eigenvalue weighted by Crippen LogP contribution is -2.21. The van der Waals surface area contributed by atoms with Gasteiger partial charge in [0, 0.05) is 25.2 Å². The molecule has 146 valence electrons. The Morgan fingerprint density at radius 3 is 2.65 bits per heavy atom. The number of aliphatic hydroxyl groups excluding tert-OH is 3. The number of carbonyl (C=O) groups is 1. The molecule has 0 aromatic rings. The second kappa shape index (κ2) is 11.9. The molecule has 1 aliphatic carbocycles. The Balaban J connectivity index is 2.57. The molecule has 0 bridgehead atoms. The lowest BCUT2D eigenvalue weighted by atomic mass is 9.89. The van der Waals surface area contributed by atoms with Gasteiger partial charge in [-0.05, 0) is 38.0 Å². The van der Waals surface area contributed by atoms with Crippen LogP contribution in [-0.4, -0.2) is 44.7 Å². The molecule has 1 unspecified atom stereocenters. The lowest BCUT2D eigenvalue weighted by molar-refractivity contribution is -0.137. The summed E-state index contributed by atoms with van der Waals surface area (Å²) in [5.41, 5.74) is 0. The summed E-state index contributed by atoms with van der Waals surface area (Å²) in [5.74, 6) is 4.68. The second-order valence-corrected chi connectivity index (χ2v) is 7.09. The number of hydrogen-bond acceptors (Lipinski definition) is 4. The van der Waals surface area contributed by atoms with Gasteiger partial charge in [0.2, 0.25) is 0 Å². The van der Waals surface area contributed by atoms with E-state index >= 15 is 0 Å². The third kappa shape index (κ3) is 7.74. The van der Waals surface area contributed by atoms with E-state index in [2.05, 4.69) is 11.8 Å². The third-order valence-corrected chi connectivity index (χ3v) is 4.97. The first-order valence-electron chi connectivity index (χ1n) is 9.35. The molecule has 0 spiro atoms. The minimum atomic E-state index is -0.796. The number of allylic oxidation sites excluding steroid dienone is 2. The van der Waals surface area contributed by atoms with Crippen LogP contribution in [0, 0.1) is 29.6 Å². The zero-order valence-corrected chi connectivity index (χ0v) is 15.7. The molecule has 6 atom stereocenters. The molecule has 0 aliphatic heterocycles. The third-order valence-electron chi connectivity index (χ3n) is 4.97. The Bertz CT molecular complexity index is 542. The molecule has 1 rings (SSSR count). The van der Waals surface area contributed by atoms with Crippen LogP contribution in [0.1, 0.15) is 52.4 Å². The Kier molecular flexibility index (Phi) is 10.3. The van der Waals surface area contributed by atoms with Gasteiger partial charge in [-0.15, -0.1) is 11.8 Å². The zero-order valence-electron chi connectivity index (χ0n) is 15.7. The van der Waals surface area contributed by atoms with Gasteiger partial charge in [0.05, 0.1) is 18.3 Å². The van der Waals surface area contributed by atoms with Gasteiger partial charge in [0.25, 0.3) is 0 Å². The van der Waals surface area contributed by atoms with Crippen LogP contribution < -0.4 is 0 Å². The maximum atomic E-state index is 10.5. The van der Waals surface area contributed by atoms with Crippen LogP contribution in [0.3, 0.4) is 0 Å². The summed E-state index contributed by atoms with van der Waals surface area (Å²) in [6.45, 7) is 3.70. The SMILES string of the molecule is CC#CCC(C)[C@H](O)C=C[C@@H]1[C@@H](CC=CCCCC(=O)O)[C@@H](O)C[C@H]1O. The van der Waals surface area contributed by atoms with Crippen molar-refractivity contribution in [3.63, 3.8) is 0 Å². The van der Waals surface area contributed by atoms with Crippen LogP contribution in [0.15, 0.2) is 24.3 Å². The summed E-state index contributed by atoms with van der Waals surface area (Å²) < 4.78 is 0. The van der Waals surface area contributed by atoms with Crippen molar-refractivity contribution in [2.24, 2.45) is 17.8 Å².